The van der Waals surface area contributed by atoms with Gasteiger partial charge in [-0.15, -0.1) is 11.3 Å². The Morgan fingerprint density at radius 3 is 2.62 bits per heavy atom. The molecule has 0 aliphatic carbocycles. The molecule has 0 unspecified atom stereocenters. The van der Waals surface area contributed by atoms with Crippen molar-refractivity contribution in [2.75, 3.05) is 39.8 Å². The highest BCUT2D eigenvalue weighted by molar-refractivity contribution is 7.11. The summed E-state index contributed by atoms with van der Waals surface area (Å²) in [6.07, 6.45) is 1.93. The van der Waals surface area contributed by atoms with Gasteiger partial charge < -0.3 is 10.2 Å². The third kappa shape index (κ3) is 4.97. The lowest BCUT2D eigenvalue weighted by Gasteiger charge is -2.37. The first-order valence-corrected chi connectivity index (χ1v) is 8.49. The molecule has 118 valence electrons. The lowest BCUT2D eigenvalue weighted by molar-refractivity contribution is 0.164. The van der Waals surface area contributed by atoms with Crippen molar-refractivity contribution in [2.24, 2.45) is 10.9 Å². The summed E-state index contributed by atoms with van der Waals surface area (Å²) in [6.45, 7) is 12.9. The van der Waals surface area contributed by atoms with Crippen molar-refractivity contribution >= 4 is 17.3 Å². The Hall–Kier alpha value is -1.14. The topological polar surface area (TPSA) is 43.8 Å². The van der Waals surface area contributed by atoms with Gasteiger partial charge in [0.15, 0.2) is 5.96 Å². The number of nitrogens with one attached hydrogen (secondary N) is 1. The van der Waals surface area contributed by atoms with Gasteiger partial charge in [-0.1, -0.05) is 13.8 Å². The van der Waals surface area contributed by atoms with E-state index in [4.69, 9.17) is 0 Å². The van der Waals surface area contributed by atoms with Crippen LogP contribution in [0, 0.1) is 12.8 Å². The molecule has 2 heterocycles. The van der Waals surface area contributed by atoms with Crippen LogP contribution in [0.4, 0.5) is 0 Å². The molecule has 0 spiro atoms. The molecule has 1 aromatic heterocycles. The van der Waals surface area contributed by atoms with E-state index in [9.17, 15) is 0 Å². The maximum Gasteiger partial charge on any atom is 0.194 e. The van der Waals surface area contributed by atoms with E-state index >= 15 is 0 Å². The average molecular weight is 309 g/mol. The van der Waals surface area contributed by atoms with Crippen LogP contribution in [0.25, 0.3) is 0 Å². The number of aromatic nitrogens is 1. The van der Waals surface area contributed by atoms with Gasteiger partial charge in [0.2, 0.25) is 0 Å². The van der Waals surface area contributed by atoms with Crippen LogP contribution in [0.15, 0.2) is 11.2 Å². The molecule has 0 radical (unpaired) electrons. The van der Waals surface area contributed by atoms with Gasteiger partial charge in [0.05, 0.1) is 6.54 Å². The minimum Gasteiger partial charge on any atom is -0.350 e. The fourth-order valence-electron chi connectivity index (χ4n) is 2.63. The molecule has 1 aromatic rings. The lowest BCUT2D eigenvalue weighted by atomic mass is 10.2. The molecule has 6 heteroatoms. The molecule has 1 saturated heterocycles. The number of guanidine groups is 1. The summed E-state index contributed by atoms with van der Waals surface area (Å²) >= 11 is 1.74. The average Bonchev–Trinajstić information content (AvgIpc) is 2.86. The van der Waals surface area contributed by atoms with Crippen molar-refractivity contribution in [3.05, 3.63) is 16.1 Å². The molecule has 0 atom stereocenters. The maximum absolute atomic E-state index is 4.41. The molecular formula is C15H27N5S. The summed E-state index contributed by atoms with van der Waals surface area (Å²) in [5, 5.41) is 4.55. The van der Waals surface area contributed by atoms with Gasteiger partial charge in [-0.25, -0.2) is 4.98 Å². The van der Waals surface area contributed by atoms with Crippen molar-refractivity contribution in [2.45, 2.75) is 27.3 Å². The van der Waals surface area contributed by atoms with E-state index in [0.29, 0.717) is 0 Å². The van der Waals surface area contributed by atoms with Gasteiger partial charge in [0, 0.05) is 50.8 Å². The van der Waals surface area contributed by atoms with Crippen LogP contribution >= 0.6 is 11.3 Å². The number of hydrogen-bond donors (Lipinski definition) is 1. The largest absolute Gasteiger partial charge is 0.350 e. The fourth-order valence-corrected chi connectivity index (χ4v) is 3.36. The SMILES string of the molecule is CN=C(NCc1ncc(C)s1)N1CCN(CC(C)C)CC1. The molecule has 1 N–H and O–H groups in total. The maximum atomic E-state index is 4.41. The highest BCUT2D eigenvalue weighted by atomic mass is 32.1. The second kappa shape index (κ2) is 7.75. The summed E-state index contributed by atoms with van der Waals surface area (Å²) in [5.41, 5.74) is 0. The number of aliphatic imine (C=N–C) groups is 1. The minimum absolute atomic E-state index is 0.738. The minimum atomic E-state index is 0.738. The summed E-state index contributed by atoms with van der Waals surface area (Å²) < 4.78 is 0. The Kier molecular flexibility index (Phi) is 5.99. The summed E-state index contributed by atoms with van der Waals surface area (Å²) in [6, 6.07) is 0. The molecule has 2 rings (SSSR count). The zero-order valence-electron chi connectivity index (χ0n) is 13.6. The van der Waals surface area contributed by atoms with Crippen LogP contribution in [0.3, 0.4) is 0 Å². The third-order valence-corrected chi connectivity index (χ3v) is 4.49. The van der Waals surface area contributed by atoms with Gasteiger partial charge in [-0.2, -0.15) is 0 Å². The van der Waals surface area contributed by atoms with Gasteiger partial charge in [-0.05, 0) is 12.8 Å². The number of piperazine rings is 1. The standard InChI is InChI=1S/C15H27N5S/c1-12(2)11-19-5-7-20(8-6-19)15(16-4)18-10-14-17-9-13(3)21-14/h9,12H,5-8,10-11H2,1-4H3,(H,16,18). The predicted molar refractivity (Wildman–Crippen MR) is 89.9 cm³/mol. The molecule has 5 nitrogen and oxygen atoms in total. The van der Waals surface area contributed by atoms with E-state index in [2.05, 4.69) is 45.9 Å². The zero-order chi connectivity index (χ0) is 15.2. The highest BCUT2D eigenvalue weighted by Gasteiger charge is 2.19. The van der Waals surface area contributed by atoms with Crippen LogP contribution in [0.5, 0.6) is 0 Å². The first-order chi connectivity index (χ1) is 10.1. The van der Waals surface area contributed by atoms with Crippen LogP contribution < -0.4 is 5.32 Å². The van der Waals surface area contributed by atoms with Gasteiger partial charge in [-0.3, -0.25) is 9.89 Å². The fraction of sp³-hybridized carbons (Fsp3) is 0.733. The molecule has 1 fully saturated rings. The molecule has 21 heavy (non-hydrogen) atoms. The van der Waals surface area contributed by atoms with Crippen LogP contribution in [0.2, 0.25) is 0 Å². The van der Waals surface area contributed by atoms with Crippen LogP contribution in [-0.4, -0.2) is 60.5 Å². The molecular weight excluding hydrogens is 282 g/mol. The molecule has 0 saturated carbocycles. The number of hydrogen-bond acceptors (Lipinski definition) is 4. The third-order valence-electron chi connectivity index (χ3n) is 3.57. The van der Waals surface area contributed by atoms with Crippen molar-refractivity contribution < 1.29 is 0 Å². The Morgan fingerprint density at radius 1 is 1.38 bits per heavy atom. The second-order valence-corrected chi connectivity index (χ2v) is 7.27. The van der Waals surface area contributed by atoms with Crippen LogP contribution in [0.1, 0.15) is 23.7 Å². The van der Waals surface area contributed by atoms with Crippen molar-refractivity contribution in [1.29, 1.82) is 0 Å². The Labute approximate surface area is 132 Å². The highest BCUT2D eigenvalue weighted by Crippen LogP contribution is 2.11. The van der Waals surface area contributed by atoms with Crippen molar-refractivity contribution in [1.82, 2.24) is 20.1 Å². The second-order valence-electron chi connectivity index (χ2n) is 5.95. The Balaban J connectivity index is 1.80. The van der Waals surface area contributed by atoms with Gasteiger partial charge >= 0.3 is 0 Å². The molecule has 0 amide bonds. The van der Waals surface area contributed by atoms with E-state index in [1.807, 2.05) is 13.2 Å². The number of aryl methyl sites for hydroxylation is 1. The predicted octanol–water partition coefficient (Wildman–Crippen LogP) is 1.80. The smallest absolute Gasteiger partial charge is 0.194 e. The monoisotopic (exact) mass is 309 g/mol. The quantitative estimate of drug-likeness (QED) is 0.680. The summed E-state index contributed by atoms with van der Waals surface area (Å²) in [4.78, 5) is 14.9. The van der Waals surface area contributed by atoms with Crippen LogP contribution in [-0.2, 0) is 6.54 Å². The molecule has 1 aliphatic heterocycles. The number of thiazole rings is 1. The lowest BCUT2D eigenvalue weighted by Crippen LogP contribution is -2.52. The normalized spacial score (nSPS) is 17.6. The number of rotatable bonds is 4. The molecule has 1 aliphatic rings. The molecule has 0 bridgehead atoms. The van der Waals surface area contributed by atoms with Gasteiger partial charge in [0.25, 0.3) is 0 Å². The van der Waals surface area contributed by atoms with E-state index in [1.165, 1.54) is 11.4 Å². The summed E-state index contributed by atoms with van der Waals surface area (Å²) in [7, 11) is 1.86. The van der Waals surface area contributed by atoms with Crippen molar-refractivity contribution in [3.8, 4) is 0 Å². The number of nitrogens with zero attached hydrogens (tertiary/aromatic N) is 4. The van der Waals surface area contributed by atoms with E-state index in [1.54, 1.807) is 11.3 Å². The van der Waals surface area contributed by atoms with E-state index in [0.717, 1.165) is 49.6 Å². The Bertz CT molecular complexity index is 460. The van der Waals surface area contributed by atoms with E-state index in [-0.39, 0.29) is 0 Å². The van der Waals surface area contributed by atoms with Crippen molar-refractivity contribution in [3.63, 3.8) is 0 Å². The first kappa shape index (κ1) is 16.2. The van der Waals surface area contributed by atoms with Gasteiger partial charge in [0.1, 0.15) is 5.01 Å². The Morgan fingerprint density at radius 2 is 2.10 bits per heavy atom. The van der Waals surface area contributed by atoms with E-state index < -0.39 is 0 Å². The zero-order valence-corrected chi connectivity index (χ0v) is 14.4. The summed E-state index contributed by atoms with van der Waals surface area (Å²) in [5.74, 6) is 1.73. The molecule has 0 aromatic carbocycles. The first-order valence-electron chi connectivity index (χ1n) is 7.67.